The van der Waals surface area contributed by atoms with Crippen LogP contribution in [0.2, 0.25) is 0 Å². The maximum absolute atomic E-state index is 13.0. The summed E-state index contributed by atoms with van der Waals surface area (Å²) < 4.78 is 1.88. The summed E-state index contributed by atoms with van der Waals surface area (Å²) in [6.45, 7) is 5.13. The minimum atomic E-state index is -0.155. The number of hydrogen-bond donors (Lipinski definition) is 0. The highest BCUT2D eigenvalue weighted by atomic mass is 32.2. The van der Waals surface area contributed by atoms with Crippen LogP contribution in [-0.2, 0) is 18.4 Å². The van der Waals surface area contributed by atoms with Gasteiger partial charge in [0.2, 0.25) is 0 Å². The molecule has 2 aromatic rings. The Bertz CT molecular complexity index is 792. The van der Waals surface area contributed by atoms with Gasteiger partial charge in [0, 0.05) is 28.8 Å². The van der Waals surface area contributed by atoms with Gasteiger partial charge in [0.25, 0.3) is 5.56 Å². The Kier molecular flexibility index (Phi) is 2.80. The van der Waals surface area contributed by atoms with Gasteiger partial charge in [0.1, 0.15) is 0 Å². The topological polar surface area (TPSA) is 34.9 Å². The first-order valence-corrected chi connectivity index (χ1v) is 8.43. The molecule has 4 rings (SSSR count). The van der Waals surface area contributed by atoms with E-state index in [0.717, 1.165) is 47.1 Å². The summed E-state index contributed by atoms with van der Waals surface area (Å²) in [5.41, 5.74) is 4.26. The van der Waals surface area contributed by atoms with Crippen LogP contribution in [-0.4, -0.2) is 15.3 Å². The third-order valence-electron chi connectivity index (χ3n) is 4.47. The minimum absolute atomic E-state index is 0.155. The second kappa shape index (κ2) is 4.47. The van der Waals surface area contributed by atoms with Crippen molar-refractivity contribution in [2.45, 2.75) is 43.8 Å². The fraction of sp³-hybridized carbons (Fsp3) is 0.412. The van der Waals surface area contributed by atoms with Gasteiger partial charge in [-0.05, 0) is 18.4 Å². The molecule has 3 nitrogen and oxygen atoms in total. The Morgan fingerprint density at radius 1 is 1.29 bits per heavy atom. The van der Waals surface area contributed by atoms with Gasteiger partial charge in [-0.2, -0.15) is 0 Å². The van der Waals surface area contributed by atoms with Gasteiger partial charge < -0.3 is 0 Å². The highest BCUT2D eigenvalue weighted by Gasteiger charge is 2.36. The van der Waals surface area contributed by atoms with E-state index < -0.39 is 0 Å². The van der Waals surface area contributed by atoms with Crippen LogP contribution in [0.3, 0.4) is 0 Å². The van der Waals surface area contributed by atoms with Crippen LogP contribution in [0, 0.1) is 0 Å². The lowest BCUT2D eigenvalue weighted by atomic mass is 9.72. The van der Waals surface area contributed by atoms with E-state index >= 15 is 0 Å². The molecule has 0 unspecified atom stereocenters. The van der Waals surface area contributed by atoms with E-state index in [1.165, 1.54) is 5.56 Å². The summed E-state index contributed by atoms with van der Waals surface area (Å²) >= 11 is 1.70. The van der Waals surface area contributed by atoms with Gasteiger partial charge >= 0.3 is 0 Å². The zero-order valence-corrected chi connectivity index (χ0v) is 13.2. The third kappa shape index (κ3) is 1.89. The second-order valence-electron chi connectivity index (χ2n) is 6.49. The van der Waals surface area contributed by atoms with E-state index in [1.54, 1.807) is 11.8 Å². The van der Waals surface area contributed by atoms with Crippen molar-refractivity contribution in [1.82, 2.24) is 9.55 Å². The number of rotatable bonds is 0. The van der Waals surface area contributed by atoms with Crippen molar-refractivity contribution < 1.29 is 0 Å². The molecule has 0 N–H and O–H groups in total. The van der Waals surface area contributed by atoms with Crippen LogP contribution in [0.5, 0.6) is 0 Å². The molecule has 0 radical (unpaired) electrons. The SMILES string of the molecule is CC1(C)Cc2ccccc2-c2nc3n(c(=O)c21)CCCS3. The molecule has 2 heterocycles. The molecule has 1 aromatic carbocycles. The maximum atomic E-state index is 13.0. The Balaban J connectivity index is 2.09. The largest absolute Gasteiger partial charge is 0.287 e. The Morgan fingerprint density at radius 3 is 2.95 bits per heavy atom. The number of benzene rings is 1. The molecular weight excluding hydrogens is 280 g/mol. The molecule has 1 aliphatic heterocycles. The van der Waals surface area contributed by atoms with Crippen molar-refractivity contribution in [2.24, 2.45) is 0 Å². The van der Waals surface area contributed by atoms with Gasteiger partial charge in [-0.1, -0.05) is 49.9 Å². The van der Waals surface area contributed by atoms with Crippen molar-refractivity contribution >= 4 is 11.8 Å². The monoisotopic (exact) mass is 298 g/mol. The lowest BCUT2D eigenvalue weighted by Gasteiger charge is -2.34. The molecule has 0 saturated carbocycles. The Morgan fingerprint density at radius 2 is 2.10 bits per heavy atom. The lowest BCUT2D eigenvalue weighted by Crippen LogP contribution is -2.39. The average Bonchev–Trinajstić information content (AvgIpc) is 2.46. The molecule has 21 heavy (non-hydrogen) atoms. The standard InChI is InChI=1S/C17H18N2OS/c1-17(2)10-11-6-3-4-7-12(11)14-13(17)15(20)19-8-5-9-21-16(19)18-14/h3-4,6-7H,5,8-10H2,1-2H3. The summed E-state index contributed by atoms with van der Waals surface area (Å²) in [5, 5.41) is 0.887. The Labute approximate surface area is 128 Å². The van der Waals surface area contributed by atoms with E-state index in [2.05, 4.69) is 32.0 Å². The summed E-state index contributed by atoms with van der Waals surface area (Å²) in [4.78, 5) is 17.9. The quantitative estimate of drug-likeness (QED) is 0.700. The Hall–Kier alpha value is -1.55. The van der Waals surface area contributed by atoms with E-state index in [1.807, 2.05) is 10.6 Å². The van der Waals surface area contributed by atoms with Crippen LogP contribution in [0.1, 0.15) is 31.4 Å². The zero-order valence-electron chi connectivity index (χ0n) is 12.3. The van der Waals surface area contributed by atoms with Crippen LogP contribution in [0.4, 0.5) is 0 Å². The molecule has 0 atom stereocenters. The second-order valence-corrected chi connectivity index (χ2v) is 7.56. The third-order valence-corrected chi connectivity index (χ3v) is 5.54. The first kappa shape index (κ1) is 13.1. The fourth-order valence-electron chi connectivity index (χ4n) is 3.50. The van der Waals surface area contributed by atoms with Gasteiger partial charge in [-0.25, -0.2) is 4.98 Å². The van der Waals surface area contributed by atoms with Gasteiger partial charge in [-0.15, -0.1) is 0 Å². The van der Waals surface area contributed by atoms with Crippen molar-refractivity contribution in [3.63, 3.8) is 0 Å². The summed E-state index contributed by atoms with van der Waals surface area (Å²) in [6, 6.07) is 8.36. The van der Waals surface area contributed by atoms with Crippen molar-refractivity contribution in [3.8, 4) is 11.3 Å². The molecule has 0 fully saturated rings. The van der Waals surface area contributed by atoms with E-state index in [4.69, 9.17) is 4.98 Å². The molecule has 1 aromatic heterocycles. The van der Waals surface area contributed by atoms with Crippen molar-refractivity contribution in [3.05, 3.63) is 45.7 Å². The predicted octanol–water partition coefficient (Wildman–Crippen LogP) is 3.24. The average molecular weight is 298 g/mol. The lowest BCUT2D eigenvalue weighted by molar-refractivity contribution is 0.477. The summed E-state index contributed by atoms with van der Waals surface area (Å²) in [5.74, 6) is 1.05. The van der Waals surface area contributed by atoms with Crippen molar-refractivity contribution in [1.29, 1.82) is 0 Å². The smallest absolute Gasteiger partial charge is 0.258 e. The predicted molar refractivity (Wildman–Crippen MR) is 86.0 cm³/mol. The highest BCUT2D eigenvalue weighted by molar-refractivity contribution is 7.99. The number of aromatic nitrogens is 2. The van der Waals surface area contributed by atoms with Crippen molar-refractivity contribution in [2.75, 3.05) is 5.75 Å². The zero-order chi connectivity index (χ0) is 14.6. The first-order valence-electron chi connectivity index (χ1n) is 7.44. The molecule has 2 aliphatic rings. The molecule has 0 spiro atoms. The minimum Gasteiger partial charge on any atom is -0.287 e. The maximum Gasteiger partial charge on any atom is 0.258 e. The van der Waals surface area contributed by atoms with Crippen LogP contribution in [0.25, 0.3) is 11.3 Å². The van der Waals surface area contributed by atoms with Gasteiger partial charge in [0.05, 0.1) is 5.69 Å². The number of fused-ring (bicyclic) bond motifs is 4. The summed E-state index contributed by atoms with van der Waals surface area (Å²) in [6.07, 6.45) is 1.95. The molecular formula is C17H18N2OS. The summed E-state index contributed by atoms with van der Waals surface area (Å²) in [7, 11) is 0. The normalized spacial score (nSPS) is 18.6. The van der Waals surface area contributed by atoms with E-state index in [9.17, 15) is 4.79 Å². The van der Waals surface area contributed by atoms with Gasteiger partial charge in [0.15, 0.2) is 5.16 Å². The number of nitrogens with zero attached hydrogens (tertiary/aromatic N) is 2. The van der Waals surface area contributed by atoms with Crippen LogP contribution >= 0.6 is 11.8 Å². The number of hydrogen-bond acceptors (Lipinski definition) is 3. The highest BCUT2D eigenvalue weighted by Crippen LogP contribution is 2.41. The van der Waals surface area contributed by atoms with Gasteiger partial charge in [-0.3, -0.25) is 9.36 Å². The molecule has 1 aliphatic carbocycles. The van der Waals surface area contributed by atoms with E-state index in [0.29, 0.717) is 0 Å². The molecule has 108 valence electrons. The van der Waals surface area contributed by atoms with Crippen LogP contribution in [0.15, 0.2) is 34.2 Å². The molecule has 4 heteroatoms. The number of thioether (sulfide) groups is 1. The molecule has 0 amide bonds. The van der Waals surface area contributed by atoms with E-state index in [-0.39, 0.29) is 11.0 Å². The molecule has 0 bridgehead atoms. The first-order chi connectivity index (χ1) is 10.1. The molecule has 0 saturated heterocycles. The van der Waals surface area contributed by atoms with Crippen LogP contribution < -0.4 is 5.56 Å². The fourth-order valence-corrected chi connectivity index (χ4v) is 4.45.